The minimum atomic E-state index is -0.196. The number of nitrogens with zero attached hydrogens (tertiary/aromatic N) is 5. The second-order valence-corrected chi connectivity index (χ2v) is 7.75. The van der Waals surface area contributed by atoms with E-state index < -0.39 is 0 Å². The number of rotatable bonds is 3. The molecule has 2 aliphatic rings. The number of likely N-dealkylation sites (tertiary alicyclic amines) is 1. The van der Waals surface area contributed by atoms with Crippen LogP contribution < -0.4 is 15.2 Å². The molecule has 0 aliphatic carbocycles. The van der Waals surface area contributed by atoms with Crippen molar-refractivity contribution in [3.63, 3.8) is 0 Å². The highest BCUT2D eigenvalue weighted by molar-refractivity contribution is 5.96. The summed E-state index contributed by atoms with van der Waals surface area (Å²) in [6.07, 6.45) is 3.19. The molecule has 0 N–H and O–H groups in total. The van der Waals surface area contributed by atoms with Crippen LogP contribution in [0.2, 0.25) is 0 Å². The predicted molar refractivity (Wildman–Crippen MR) is 105 cm³/mol. The smallest absolute Gasteiger partial charge is 0.259 e. The number of ether oxygens (including phenoxy) is 1. The number of hydrogen-bond acceptors (Lipinski definition) is 6. The minimum absolute atomic E-state index is 0.0811. The first kappa shape index (κ1) is 18.5. The highest BCUT2D eigenvalue weighted by Crippen LogP contribution is 2.35. The second-order valence-electron chi connectivity index (χ2n) is 7.75. The van der Waals surface area contributed by atoms with Crippen molar-refractivity contribution in [2.45, 2.75) is 13.8 Å². The quantitative estimate of drug-likeness (QED) is 0.787. The van der Waals surface area contributed by atoms with Gasteiger partial charge in [0.1, 0.15) is 17.9 Å². The third kappa shape index (κ3) is 3.02. The lowest BCUT2D eigenvalue weighted by molar-refractivity contribution is 0.0778. The van der Waals surface area contributed by atoms with Crippen LogP contribution in [0.4, 0.5) is 5.82 Å². The molecule has 0 saturated carbocycles. The lowest BCUT2D eigenvalue weighted by atomic mass is 10.0. The molecule has 8 nitrogen and oxygen atoms in total. The highest BCUT2D eigenvalue weighted by atomic mass is 16.5. The molecular weight excluding hydrogens is 358 g/mol. The lowest BCUT2D eigenvalue weighted by Gasteiger charge is -2.24. The van der Waals surface area contributed by atoms with E-state index in [1.165, 1.54) is 17.7 Å². The van der Waals surface area contributed by atoms with Crippen LogP contribution in [0, 0.1) is 25.7 Å². The fourth-order valence-electron chi connectivity index (χ4n) is 4.29. The van der Waals surface area contributed by atoms with Crippen molar-refractivity contribution < 1.29 is 9.53 Å². The molecule has 0 radical (unpaired) electrons. The van der Waals surface area contributed by atoms with Crippen molar-refractivity contribution in [2.75, 3.05) is 38.2 Å². The van der Waals surface area contributed by atoms with Crippen LogP contribution in [0.5, 0.6) is 5.75 Å². The van der Waals surface area contributed by atoms with Gasteiger partial charge in [-0.2, -0.15) is 0 Å². The molecule has 2 unspecified atom stereocenters. The molecule has 0 bridgehead atoms. The number of pyridine rings is 1. The number of aryl methyl sites for hydroxylation is 2. The monoisotopic (exact) mass is 383 g/mol. The third-order valence-corrected chi connectivity index (χ3v) is 6.02. The Bertz CT molecular complexity index is 972. The van der Waals surface area contributed by atoms with Gasteiger partial charge in [0, 0.05) is 68.6 Å². The fraction of sp³-hybridized carbons (Fsp3) is 0.500. The Morgan fingerprint density at radius 2 is 1.82 bits per heavy atom. The van der Waals surface area contributed by atoms with E-state index in [9.17, 15) is 9.59 Å². The van der Waals surface area contributed by atoms with E-state index in [-0.39, 0.29) is 11.5 Å². The molecule has 0 spiro atoms. The average Bonchev–Trinajstić information content (AvgIpc) is 3.24. The largest absolute Gasteiger partial charge is 0.496 e. The van der Waals surface area contributed by atoms with Crippen LogP contribution in [0.25, 0.3) is 0 Å². The molecule has 2 aromatic rings. The number of amides is 1. The van der Waals surface area contributed by atoms with Crippen molar-refractivity contribution >= 4 is 11.7 Å². The minimum Gasteiger partial charge on any atom is -0.496 e. The molecule has 2 atom stereocenters. The summed E-state index contributed by atoms with van der Waals surface area (Å²) in [4.78, 5) is 37.8. The van der Waals surface area contributed by atoms with Crippen molar-refractivity contribution in [2.24, 2.45) is 18.9 Å². The van der Waals surface area contributed by atoms with Crippen LogP contribution in [0.3, 0.4) is 0 Å². The molecular formula is C20H25N5O3. The summed E-state index contributed by atoms with van der Waals surface area (Å²) in [5, 5.41) is 0. The van der Waals surface area contributed by atoms with E-state index in [0.29, 0.717) is 36.2 Å². The maximum absolute atomic E-state index is 13.1. The van der Waals surface area contributed by atoms with E-state index in [4.69, 9.17) is 4.74 Å². The maximum atomic E-state index is 13.1. The van der Waals surface area contributed by atoms with E-state index in [2.05, 4.69) is 21.8 Å². The third-order valence-electron chi connectivity index (χ3n) is 6.02. The van der Waals surface area contributed by atoms with Gasteiger partial charge in [0.05, 0.1) is 12.7 Å². The molecule has 1 amide bonds. The van der Waals surface area contributed by atoms with Gasteiger partial charge in [-0.25, -0.2) is 9.97 Å². The van der Waals surface area contributed by atoms with Gasteiger partial charge in [-0.15, -0.1) is 0 Å². The number of hydrogen-bond donors (Lipinski definition) is 0. The first-order valence-electron chi connectivity index (χ1n) is 9.46. The number of methoxy groups -OCH3 is 1. The number of carbonyl (C=O) groups is 1. The zero-order chi connectivity index (χ0) is 20.0. The normalized spacial score (nSPS) is 21.1. The molecule has 2 aliphatic heterocycles. The molecule has 8 heteroatoms. The average molecular weight is 383 g/mol. The first-order chi connectivity index (χ1) is 13.4. The SMILES string of the molecule is COc1cc(=O)n(C)cc1C(=O)N1CC2CN(c3ncnc(C)c3C)CC2C1. The Labute approximate surface area is 163 Å². The van der Waals surface area contributed by atoms with Gasteiger partial charge >= 0.3 is 0 Å². The van der Waals surface area contributed by atoms with Crippen molar-refractivity contribution in [1.29, 1.82) is 0 Å². The summed E-state index contributed by atoms with van der Waals surface area (Å²) < 4.78 is 6.68. The Kier molecular flexibility index (Phi) is 4.56. The van der Waals surface area contributed by atoms with Gasteiger partial charge in [0.15, 0.2) is 0 Å². The molecule has 148 valence electrons. The highest BCUT2D eigenvalue weighted by Gasteiger charge is 2.43. The van der Waals surface area contributed by atoms with Crippen molar-refractivity contribution in [3.05, 3.63) is 45.8 Å². The molecule has 4 heterocycles. The summed E-state index contributed by atoms with van der Waals surface area (Å²) in [7, 11) is 3.12. The summed E-state index contributed by atoms with van der Waals surface area (Å²) in [6, 6.07) is 1.37. The van der Waals surface area contributed by atoms with Gasteiger partial charge in [-0.1, -0.05) is 0 Å². The standard InChI is InChI=1S/C20H25N5O3/c1-12-13(2)21-11-22-19(12)24-6-14-8-25(9-15(14)7-24)20(27)16-10-23(3)18(26)5-17(16)28-4/h5,10-11,14-15H,6-9H2,1-4H3. The van der Waals surface area contributed by atoms with Crippen LogP contribution in [0.1, 0.15) is 21.6 Å². The molecule has 2 aromatic heterocycles. The van der Waals surface area contributed by atoms with Gasteiger partial charge in [-0.05, 0) is 13.8 Å². The molecule has 0 aromatic carbocycles. The van der Waals surface area contributed by atoms with E-state index in [1.807, 2.05) is 11.8 Å². The predicted octanol–water partition coefficient (Wildman–Crippen LogP) is 1.01. The van der Waals surface area contributed by atoms with Crippen LogP contribution in [0.15, 0.2) is 23.4 Å². The summed E-state index contributed by atoms with van der Waals surface area (Å²) in [5.41, 5.74) is 2.35. The number of carbonyl (C=O) groups excluding carboxylic acids is 1. The van der Waals surface area contributed by atoms with Gasteiger partial charge < -0.3 is 19.1 Å². The molecule has 2 saturated heterocycles. The second kappa shape index (κ2) is 6.92. The fourth-order valence-corrected chi connectivity index (χ4v) is 4.29. The molecule has 4 rings (SSSR count). The zero-order valence-electron chi connectivity index (χ0n) is 16.7. The maximum Gasteiger partial charge on any atom is 0.259 e. The van der Waals surface area contributed by atoms with Crippen molar-refractivity contribution in [3.8, 4) is 5.75 Å². The van der Waals surface area contributed by atoms with Crippen LogP contribution in [-0.4, -0.2) is 58.6 Å². The van der Waals surface area contributed by atoms with Crippen LogP contribution in [-0.2, 0) is 7.05 Å². The van der Waals surface area contributed by atoms with E-state index in [1.54, 1.807) is 19.6 Å². The number of fused-ring (bicyclic) bond motifs is 1. The Hall–Kier alpha value is -2.90. The zero-order valence-corrected chi connectivity index (χ0v) is 16.7. The van der Waals surface area contributed by atoms with Crippen LogP contribution >= 0.6 is 0 Å². The summed E-state index contributed by atoms with van der Waals surface area (Å²) in [6.45, 7) is 7.23. The van der Waals surface area contributed by atoms with Gasteiger partial charge in [-0.3, -0.25) is 9.59 Å². The molecule has 2 fully saturated rings. The Balaban J connectivity index is 1.50. The molecule has 28 heavy (non-hydrogen) atoms. The summed E-state index contributed by atoms with van der Waals surface area (Å²) >= 11 is 0. The Morgan fingerprint density at radius 3 is 2.46 bits per heavy atom. The van der Waals surface area contributed by atoms with Gasteiger partial charge in [0.2, 0.25) is 0 Å². The van der Waals surface area contributed by atoms with E-state index >= 15 is 0 Å². The van der Waals surface area contributed by atoms with Gasteiger partial charge in [0.25, 0.3) is 11.5 Å². The topological polar surface area (TPSA) is 80.6 Å². The van der Waals surface area contributed by atoms with E-state index in [0.717, 1.165) is 30.2 Å². The first-order valence-corrected chi connectivity index (χ1v) is 9.46. The lowest BCUT2D eigenvalue weighted by Crippen LogP contribution is -2.34. The number of aromatic nitrogens is 3. The van der Waals surface area contributed by atoms with Crippen molar-refractivity contribution in [1.82, 2.24) is 19.4 Å². The Morgan fingerprint density at radius 1 is 1.14 bits per heavy atom. The summed E-state index contributed by atoms with van der Waals surface area (Å²) in [5.74, 6) is 2.08. The number of anilines is 1.